The largest absolute Gasteiger partial charge is 0.393 e. The molecule has 1 aromatic carbocycles. The van der Waals surface area contributed by atoms with Gasteiger partial charge in [-0.05, 0) is 43.7 Å². The number of nitrogens with zero attached hydrogens (tertiary/aromatic N) is 4. The van der Waals surface area contributed by atoms with Crippen LogP contribution in [0.5, 0.6) is 0 Å². The number of aromatic nitrogens is 3. The van der Waals surface area contributed by atoms with E-state index in [0.29, 0.717) is 29.9 Å². The fraction of sp³-hybridized carbons (Fsp3) is 0.250. The van der Waals surface area contributed by atoms with Gasteiger partial charge in [-0.1, -0.05) is 22.9 Å². The summed E-state index contributed by atoms with van der Waals surface area (Å²) in [6.45, 7) is 3.87. The Morgan fingerprint density at radius 3 is 2.81 bits per heavy atom. The molecule has 138 valence electrons. The molecule has 0 saturated carbocycles. The second kappa shape index (κ2) is 8.33. The average molecular weight is 426 g/mol. The van der Waals surface area contributed by atoms with Crippen molar-refractivity contribution in [1.29, 1.82) is 5.26 Å². The first kappa shape index (κ1) is 19.1. The number of nitrogens with one attached hydrogen (secondary N) is 1. The Morgan fingerprint density at radius 2 is 2.11 bits per heavy atom. The zero-order chi connectivity index (χ0) is 19.4. The van der Waals surface area contributed by atoms with E-state index < -0.39 is 6.10 Å². The summed E-state index contributed by atoms with van der Waals surface area (Å²) >= 11 is 3.38. The lowest BCUT2D eigenvalue weighted by molar-refractivity contribution is 0.169. The summed E-state index contributed by atoms with van der Waals surface area (Å²) in [5, 5.41) is 27.4. The summed E-state index contributed by atoms with van der Waals surface area (Å²) in [5.41, 5.74) is 3.85. The van der Waals surface area contributed by atoms with Crippen molar-refractivity contribution in [3.8, 4) is 11.8 Å². The van der Waals surface area contributed by atoms with Gasteiger partial charge in [-0.3, -0.25) is 4.98 Å². The van der Waals surface area contributed by atoms with Gasteiger partial charge in [-0.25, -0.2) is 4.68 Å². The van der Waals surface area contributed by atoms with Gasteiger partial charge in [-0.2, -0.15) is 5.26 Å². The van der Waals surface area contributed by atoms with E-state index in [-0.39, 0.29) is 0 Å². The highest BCUT2D eigenvalue weighted by atomic mass is 79.9. The van der Waals surface area contributed by atoms with E-state index in [4.69, 9.17) is 0 Å². The molecule has 0 saturated heterocycles. The monoisotopic (exact) mass is 425 g/mol. The number of anilines is 2. The molecule has 0 fully saturated rings. The molecule has 0 unspecified atom stereocenters. The Hall–Kier alpha value is -2.69. The third kappa shape index (κ3) is 4.54. The van der Waals surface area contributed by atoms with Gasteiger partial charge in [0.15, 0.2) is 5.82 Å². The van der Waals surface area contributed by atoms with Gasteiger partial charge in [0.2, 0.25) is 0 Å². The summed E-state index contributed by atoms with van der Waals surface area (Å²) < 4.78 is 2.65. The number of nitriles is 1. The standard InChI is InChI=1S/C20H20BrN5O/c1-3-18(27)10-17-11-20(24-19-5-4-15(21)9-14(19)12-22)25-26(17)16-6-7-23-13(2)8-16/h4-9,11,18,27H,3,10H2,1-2H3,(H,24,25)/t18-/m1/s1. The second-order valence-corrected chi connectivity index (χ2v) is 7.20. The third-order valence-corrected chi connectivity index (χ3v) is 4.68. The third-order valence-electron chi connectivity index (χ3n) is 4.19. The molecule has 0 amide bonds. The molecule has 3 aromatic rings. The molecule has 0 radical (unpaired) electrons. The van der Waals surface area contributed by atoms with E-state index in [9.17, 15) is 10.4 Å². The molecule has 0 aliphatic heterocycles. The van der Waals surface area contributed by atoms with Crippen LogP contribution >= 0.6 is 15.9 Å². The van der Waals surface area contributed by atoms with Crippen molar-refractivity contribution in [3.05, 3.63) is 64.0 Å². The van der Waals surface area contributed by atoms with Crippen LogP contribution in [0.1, 0.15) is 30.3 Å². The van der Waals surface area contributed by atoms with Crippen molar-refractivity contribution >= 4 is 27.4 Å². The molecule has 7 heteroatoms. The number of halogens is 1. The van der Waals surface area contributed by atoms with Crippen LogP contribution in [0, 0.1) is 18.3 Å². The van der Waals surface area contributed by atoms with E-state index in [1.165, 1.54) is 0 Å². The van der Waals surface area contributed by atoms with Gasteiger partial charge in [0, 0.05) is 34.5 Å². The number of benzene rings is 1. The van der Waals surface area contributed by atoms with Gasteiger partial charge < -0.3 is 10.4 Å². The Morgan fingerprint density at radius 1 is 1.30 bits per heavy atom. The van der Waals surface area contributed by atoms with Crippen LogP contribution in [0.4, 0.5) is 11.5 Å². The van der Waals surface area contributed by atoms with Crippen molar-refractivity contribution in [2.75, 3.05) is 5.32 Å². The number of hydrogen-bond donors (Lipinski definition) is 2. The molecular weight excluding hydrogens is 406 g/mol. The fourth-order valence-corrected chi connectivity index (χ4v) is 3.11. The average Bonchev–Trinajstić information content (AvgIpc) is 3.05. The number of aliphatic hydroxyl groups excluding tert-OH is 1. The number of aliphatic hydroxyl groups is 1. The zero-order valence-corrected chi connectivity index (χ0v) is 16.7. The Labute approximate surface area is 166 Å². The molecule has 1 atom stereocenters. The van der Waals surface area contributed by atoms with E-state index in [2.05, 4.69) is 37.4 Å². The molecule has 2 aromatic heterocycles. The summed E-state index contributed by atoms with van der Waals surface area (Å²) in [5.74, 6) is 0.613. The van der Waals surface area contributed by atoms with Crippen molar-refractivity contribution in [2.24, 2.45) is 0 Å². The molecule has 0 bridgehead atoms. The van der Waals surface area contributed by atoms with E-state index in [1.807, 2.05) is 44.2 Å². The summed E-state index contributed by atoms with van der Waals surface area (Å²) in [6, 6.07) is 13.4. The van der Waals surface area contributed by atoms with Gasteiger partial charge in [-0.15, -0.1) is 5.10 Å². The van der Waals surface area contributed by atoms with Crippen LogP contribution in [0.25, 0.3) is 5.69 Å². The predicted octanol–water partition coefficient (Wildman–Crippen LogP) is 4.27. The lowest BCUT2D eigenvalue weighted by Crippen LogP contribution is -2.12. The maximum Gasteiger partial charge on any atom is 0.153 e. The van der Waals surface area contributed by atoms with Crippen molar-refractivity contribution in [1.82, 2.24) is 14.8 Å². The summed E-state index contributed by atoms with van der Waals surface area (Å²) in [6.07, 6.45) is 2.44. The molecule has 2 heterocycles. The highest BCUT2D eigenvalue weighted by Gasteiger charge is 2.14. The first-order valence-electron chi connectivity index (χ1n) is 8.67. The van der Waals surface area contributed by atoms with Crippen LogP contribution < -0.4 is 5.32 Å². The minimum absolute atomic E-state index is 0.446. The topological polar surface area (TPSA) is 86.8 Å². The minimum Gasteiger partial charge on any atom is -0.393 e. The normalized spacial score (nSPS) is 11.8. The smallest absolute Gasteiger partial charge is 0.153 e. The summed E-state index contributed by atoms with van der Waals surface area (Å²) in [4.78, 5) is 4.23. The lowest BCUT2D eigenvalue weighted by atomic mass is 10.1. The fourth-order valence-electron chi connectivity index (χ4n) is 2.75. The molecular formula is C20H20BrN5O. The molecule has 27 heavy (non-hydrogen) atoms. The Kier molecular flexibility index (Phi) is 5.89. The van der Waals surface area contributed by atoms with Crippen LogP contribution in [0.15, 0.2) is 47.1 Å². The van der Waals surface area contributed by atoms with Gasteiger partial charge in [0.05, 0.1) is 23.0 Å². The first-order valence-corrected chi connectivity index (χ1v) is 9.46. The highest BCUT2D eigenvalue weighted by molar-refractivity contribution is 9.10. The van der Waals surface area contributed by atoms with Gasteiger partial charge >= 0.3 is 0 Å². The molecule has 2 N–H and O–H groups in total. The van der Waals surface area contributed by atoms with Crippen molar-refractivity contribution < 1.29 is 5.11 Å². The quantitative estimate of drug-likeness (QED) is 0.615. The summed E-state index contributed by atoms with van der Waals surface area (Å²) in [7, 11) is 0. The molecule has 0 aliphatic carbocycles. The SMILES string of the molecule is CC[C@@H](O)Cc1cc(Nc2ccc(Br)cc2C#N)nn1-c1ccnc(C)c1. The number of rotatable bonds is 6. The zero-order valence-electron chi connectivity index (χ0n) is 15.1. The van der Waals surface area contributed by atoms with Crippen LogP contribution in [0.2, 0.25) is 0 Å². The first-order chi connectivity index (χ1) is 13.0. The van der Waals surface area contributed by atoms with Crippen LogP contribution in [-0.4, -0.2) is 26.0 Å². The number of pyridine rings is 1. The molecule has 0 aliphatic rings. The molecule has 0 spiro atoms. The molecule has 6 nitrogen and oxygen atoms in total. The lowest BCUT2D eigenvalue weighted by Gasteiger charge is -2.10. The maximum absolute atomic E-state index is 10.1. The van der Waals surface area contributed by atoms with Crippen LogP contribution in [-0.2, 0) is 6.42 Å². The molecule has 3 rings (SSSR count). The van der Waals surface area contributed by atoms with E-state index in [0.717, 1.165) is 21.5 Å². The van der Waals surface area contributed by atoms with Crippen molar-refractivity contribution in [3.63, 3.8) is 0 Å². The van der Waals surface area contributed by atoms with Crippen molar-refractivity contribution in [2.45, 2.75) is 32.8 Å². The maximum atomic E-state index is 10.1. The highest BCUT2D eigenvalue weighted by Crippen LogP contribution is 2.25. The van der Waals surface area contributed by atoms with E-state index >= 15 is 0 Å². The number of aryl methyl sites for hydroxylation is 1. The predicted molar refractivity (Wildman–Crippen MR) is 108 cm³/mol. The Bertz CT molecular complexity index is 992. The number of hydrogen-bond acceptors (Lipinski definition) is 5. The van der Waals surface area contributed by atoms with Crippen LogP contribution in [0.3, 0.4) is 0 Å². The van der Waals surface area contributed by atoms with E-state index in [1.54, 1.807) is 16.9 Å². The Balaban J connectivity index is 2.00. The van der Waals surface area contributed by atoms with Gasteiger partial charge in [0.25, 0.3) is 0 Å². The van der Waals surface area contributed by atoms with Gasteiger partial charge in [0.1, 0.15) is 6.07 Å². The minimum atomic E-state index is -0.446. The second-order valence-electron chi connectivity index (χ2n) is 6.28.